The van der Waals surface area contributed by atoms with Gasteiger partial charge in [0.2, 0.25) is 0 Å². The van der Waals surface area contributed by atoms with Crippen LogP contribution in [0.4, 0.5) is 8.78 Å². The van der Waals surface area contributed by atoms with Crippen molar-refractivity contribution < 1.29 is 8.78 Å². The third kappa shape index (κ3) is 3.50. The van der Waals surface area contributed by atoms with E-state index in [1.807, 2.05) is 21.0 Å². The number of hydrogen-bond donors (Lipinski definition) is 1. The molecule has 1 rings (SSSR count). The zero-order valence-electron chi connectivity index (χ0n) is 11.7. The van der Waals surface area contributed by atoms with Gasteiger partial charge in [-0.3, -0.25) is 0 Å². The van der Waals surface area contributed by atoms with E-state index in [4.69, 9.17) is 0 Å². The first-order valence-corrected chi connectivity index (χ1v) is 6.10. The van der Waals surface area contributed by atoms with Crippen LogP contribution in [-0.2, 0) is 0 Å². The van der Waals surface area contributed by atoms with Crippen molar-refractivity contribution in [2.24, 2.45) is 0 Å². The van der Waals surface area contributed by atoms with Gasteiger partial charge >= 0.3 is 0 Å². The Balaban J connectivity index is 2.72. The van der Waals surface area contributed by atoms with Gasteiger partial charge in [0.1, 0.15) is 0 Å². The highest BCUT2D eigenvalue weighted by molar-refractivity contribution is 5.22. The third-order valence-electron chi connectivity index (χ3n) is 3.50. The van der Waals surface area contributed by atoms with Crippen molar-refractivity contribution in [3.8, 4) is 0 Å². The topological polar surface area (TPSA) is 15.3 Å². The second-order valence-electron chi connectivity index (χ2n) is 5.45. The van der Waals surface area contributed by atoms with Gasteiger partial charge in [-0.25, -0.2) is 8.78 Å². The van der Waals surface area contributed by atoms with Crippen molar-refractivity contribution in [2.75, 3.05) is 20.6 Å². The minimum atomic E-state index is -0.798. The Kier molecular flexibility index (Phi) is 4.82. The van der Waals surface area contributed by atoms with Crippen LogP contribution >= 0.6 is 0 Å². The average Bonchev–Trinajstić information content (AvgIpc) is 2.29. The van der Waals surface area contributed by atoms with Gasteiger partial charge in [-0.2, -0.15) is 0 Å². The number of nitrogens with one attached hydrogen (secondary N) is 1. The number of likely N-dealkylation sites (N-methyl/N-ethyl adjacent to an activating group) is 1. The Morgan fingerprint density at radius 3 is 2.44 bits per heavy atom. The lowest BCUT2D eigenvalue weighted by Crippen LogP contribution is -2.47. The normalized spacial score (nSPS) is 14.0. The predicted molar refractivity (Wildman–Crippen MR) is 70.5 cm³/mol. The van der Waals surface area contributed by atoms with Crippen molar-refractivity contribution in [3.63, 3.8) is 0 Å². The molecule has 0 heterocycles. The standard InChI is InChI=1S/C14H22F2N2/c1-10(17-9-14(2,3)18(4)5)11-7-6-8-12(15)13(11)16/h6-8,10,17H,9H2,1-5H3. The Labute approximate surface area is 108 Å². The molecular formula is C14H22F2N2. The van der Waals surface area contributed by atoms with Crippen LogP contribution in [0.3, 0.4) is 0 Å². The quantitative estimate of drug-likeness (QED) is 0.871. The molecule has 0 aliphatic rings. The SMILES string of the molecule is CC(NCC(C)(C)N(C)C)c1cccc(F)c1F. The first-order valence-electron chi connectivity index (χ1n) is 6.10. The van der Waals surface area contributed by atoms with Crippen LogP contribution in [0.1, 0.15) is 32.4 Å². The van der Waals surface area contributed by atoms with Crippen LogP contribution in [0.5, 0.6) is 0 Å². The van der Waals surface area contributed by atoms with E-state index >= 15 is 0 Å². The number of nitrogens with zero attached hydrogens (tertiary/aromatic N) is 1. The van der Waals surface area contributed by atoms with Crippen molar-refractivity contribution in [3.05, 3.63) is 35.4 Å². The molecule has 0 saturated heterocycles. The summed E-state index contributed by atoms with van der Waals surface area (Å²) in [5.41, 5.74) is 0.322. The zero-order valence-corrected chi connectivity index (χ0v) is 11.7. The predicted octanol–water partition coefficient (Wildman–Crippen LogP) is 2.96. The highest BCUT2D eigenvalue weighted by Crippen LogP contribution is 2.20. The van der Waals surface area contributed by atoms with Gasteiger partial charge in [-0.1, -0.05) is 12.1 Å². The summed E-state index contributed by atoms with van der Waals surface area (Å²) in [6.07, 6.45) is 0. The summed E-state index contributed by atoms with van der Waals surface area (Å²) >= 11 is 0. The largest absolute Gasteiger partial charge is 0.308 e. The van der Waals surface area contributed by atoms with Crippen LogP contribution in [0.15, 0.2) is 18.2 Å². The fourth-order valence-corrected chi connectivity index (χ4v) is 1.53. The highest BCUT2D eigenvalue weighted by Gasteiger charge is 2.22. The van der Waals surface area contributed by atoms with Gasteiger partial charge in [-0.05, 0) is 40.9 Å². The monoisotopic (exact) mass is 256 g/mol. The maximum Gasteiger partial charge on any atom is 0.163 e. The lowest BCUT2D eigenvalue weighted by Gasteiger charge is -2.34. The van der Waals surface area contributed by atoms with Crippen LogP contribution in [0.2, 0.25) is 0 Å². The second kappa shape index (κ2) is 5.76. The summed E-state index contributed by atoms with van der Waals surface area (Å²) < 4.78 is 26.7. The van der Waals surface area contributed by atoms with E-state index in [-0.39, 0.29) is 11.6 Å². The van der Waals surface area contributed by atoms with E-state index in [1.54, 1.807) is 6.07 Å². The smallest absolute Gasteiger partial charge is 0.163 e. The van der Waals surface area contributed by atoms with E-state index in [1.165, 1.54) is 6.07 Å². The minimum Gasteiger partial charge on any atom is -0.308 e. The Morgan fingerprint density at radius 1 is 1.28 bits per heavy atom. The van der Waals surface area contributed by atoms with Gasteiger partial charge in [-0.15, -0.1) is 0 Å². The van der Waals surface area contributed by atoms with Crippen LogP contribution in [0.25, 0.3) is 0 Å². The summed E-state index contributed by atoms with van der Waals surface area (Å²) in [6.45, 7) is 6.71. The Morgan fingerprint density at radius 2 is 1.89 bits per heavy atom. The van der Waals surface area contributed by atoms with Gasteiger partial charge in [0.15, 0.2) is 11.6 Å². The number of rotatable bonds is 5. The molecule has 0 radical (unpaired) electrons. The van der Waals surface area contributed by atoms with E-state index in [2.05, 4.69) is 24.1 Å². The van der Waals surface area contributed by atoms with E-state index in [0.29, 0.717) is 12.1 Å². The van der Waals surface area contributed by atoms with Gasteiger partial charge < -0.3 is 10.2 Å². The number of hydrogen-bond acceptors (Lipinski definition) is 2. The van der Waals surface area contributed by atoms with E-state index < -0.39 is 11.6 Å². The average molecular weight is 256 g/mol. The molecule has 102 valence electrons. The summed E-state index contributed by atoms with van der Waals surface area (Å²) in [6, 6.07) is 4.05. The van der Waals surface area contributed by atoms with Crippen molar-refractivity contribution in [1.82, 2.24) is 10.2 Å². The summed E-state index contributed by atoms with van der Waals surface area (Å²) in [7, 11) is 3.99. The Bertz CT molecular complexity index is 403. The molecule has 0 amide bonds. The fraction of sp³-hybridized carbons (Fsp3) is 0.571. The van der Waals surface area contributed by atoms with Crippen LogP contribution < -0.4 is 5.32 Å². The molecule has 0 spiro atoms. The van der Waals surface area contributed by atoms with E-state index in [9.17, 15) is 8.78 Å². The first-order chi connectivity index (χ1) is 8.25. The molecule has 4 heteroatoms. The van der Waals surface area contributed by atoms with Crippen molar-refractivity contribution >= 4 is 0 Å². The van der Waals surface area contributed by atoms with Crippen LogP contribution in [-0.4, -0.2) is 31.1 Å². The third-order valence-corrected chi connectivity index (χ3v) is 3.50. The molecule has 0 fully saturated rings. The Hall–Kier alpha value is -1.00. The van der Waals surface area contributed by atoms with Crippen molar-refractivity contribution in [2.45, 2.75) is 32.4 Å². The molecule has 1 aromatic carbocycles. The summed E-state index contributed by atoms with van der Waals surface area (Å²) in [4.78, 5) is 2.09. The van der Waals surface area contributed by atoms with Crippen molar-refractivity contribution in [1.29, 1.82) is 0 Å². The summed E-state index contributed by atoms with van der Waals surface area (Å²) in [5.74, 6) is -1.56. The molecule has 2 nitrogen and oxygen atoms in total. The van der Waals surface area contributed by atoms with Gasteiger partial charge in [0.25, 0.3) is 0 Å². The molecule has 1 aromatic rings. The molecule has 18 heavy (non-hydrogen) atoms. The molecular weight excluding hydrogens is 234 g/mol. The highest BCUT2D eigenvalue weighted by atomic mass is 19.2. The minimum absolute atomic E-state index is 0.0436. The molecule has 0 aliphatic heterocycles. The molecule has 1 atom stereocenters. The maximum absolute atomic E-state index is 13.6. The molecule has 0 bridgehead atoms. The molecule has 1 unspecified atom stereocenters. The zero-order chi connectivity index (χ0) is 13.9. The molecule has 1 N–H and O–H groups in total. The maximum atomic E-state index is 13.6. The molecule has 0 aliphatic carbocycles. The lowest BCUT2D eigenvalue weighted by atomic mass is 10.0. The number of benzene rings is 1. The number of halogens is 2. The lowest BCUT2D eigenvalue weighted by molar-refractivity contribution is 0.185. The van der Waals surface area contributed by atoms with Gasteiger partial charge in [0.05, 0.1) is 0 Å². The van der Waals surface area contributed by atoms with Gasteiger partial charge in [0, 0.05) is 23.7 Å². The first kappa shape index (κ1) is 15.1. The van der Waals surface area contributed by atoms with Crippen LogP contribution in [0, 0.1) is 11.6 Å². The second-order valence-corrected chi connectivity index (χ2v) is 5.45. The molecule has 0 saturated carbocycles. The van der Waals surface area contributed by atoms with E-state index in [0.717, 1.165) is 6.07 Å². The fourth-order valence-electron chi connectivity index (χ4n) is 1.53. The summed E-state index contributed by atoms with van der Waals surface area (Å²) in [5, 5.41) is 3.24. The molecule has 0 aromatic heterocycles.